The molecule has 0 aromatic carbocycles. The van der Waals surface area contributed by atoms with E-state index in [0.29, 0.717) is 24.8 Å². The molecule has 5 nitrogen and oxygen atoms in total. The molecule has 1 atom stereocenters. The van der Waals surface area contributed by atoms with E-state index in [-0.39, 0.29) is 12.5 Å². The second-order valence-corrected chi connectivity index (χ2v) is 5.94. The molecule has 124 valence electrons. The molecule has 5 heteroatoms. The van der Waals surface area contributed by atoms with Crippen molar-refractivity contribution in [1.29, 1.82) is 0 Å². The number of hydrogen-bond acceptors (Lipinski definition) is 2. The average Bonchev–Trinajstić information content (AvgIpc) is 2.41. The Bertz CT molecular complexity index is 300. The lowest BCUT2D eigenvalue weighted by atomic mass is 9.88. The van der Waals surface area contributed by atoms with E-state index in [1.54, 1.807) is 0 Å². The van der Waals surface area contributed by atoms with Gasteiger partial charge in [0.2, 0.25) is 0 Å². The van der Waals surface area contributed by atoms with Crippen molar-refractivity contribution in [2.24, 2.45) is 11.8 Å². The van der Waals surface area contributed by atoms with Gasteiger partial charge < -0.3 is 15.3 Å². The van der Waals surface area contributed by atoms with Crippen molar-refractivity contribution in [2.45, 2.75) is 59.8 Å². The van der Waals surface area contributed by atoms with Gasteiger partial charge in [-0.15, -0.1) is 0 Å². The number of nitrogens with zero attached hydrogens (tertiary/aromatic N) is 1. The quantitative estimate of drug-likeness (QED) is 0.615. The van der Waals surface area contributed by atoms with Gasteiger partial charge in [0.1, 0.15) is 0 Å². The number of rotatable bonds is 11. The number of urea groups is 1. The molecule has 2 amide bonds. The highest BCUT2D eigenvalue weighted by Gasteiger charge is 2.16. The third kappa shape index (κ3) is 9.32. The number of amides is 2. The van der Waals surface area contributed by atoms with E-state index in [4.69, 9.17) is 5.11 Å². The van der Waals surface area contributed by atoms with Crippen molar-refractivity contribution in [3.05, 3.63) is 0 Å². The number of hydrogen-bond donors (Lipinski definition) is 2. The first-order chi connectivity index (χ1) is 9.92. The van der Waals surface area contributed by atoms with E-state index in [1.165, 1.54) is 0 Å². The van der Waals surface area contributed by atoms with Gasteiger partial charge in [-0.1, -0.05) is 27.7 Å². The monoisotopic (exact) mass is 300 g/mol. The summed E-state index contributed by atoms with van der Waals surface area (Å²) in [5.74, 6) is 0.0255. The lowest BCUT2D eigenvalue weighted by molar-refractivity contribution is -0.137. The Hall–Kier alpha value is -1.26. The Balaban J connectivity index is 4.16. The smallest absolute Gasteiger partial charge is 0.317 e. The highest BCUT2D eigenvalue weighted by atomic mass is 16.4. The molecule has 0 aromatic heterocycles. The summed E-state index contributed by atoms with van der Waals surface area (Å²) in [6, 6.07) is -0.000518. The zero-order valence-electron chi connectivity index (χ0n) is 14.0. The van der Waals surface area contributed by atoms with Crippen LogP contribution in [0.1, 0.15) is 59.8 Å². The molecule has 0 aliphatic heterocycles. The normalized spacial score (nSPS) is 12.2. The van der Waals surface area contributed by atoms with Gasteiger partial charge in [0.05, 0.1) is 0 Å². The number of carbonyl (C=O) groups excluding carboxylic acids is 1. The van der Waals surface area contributed by atoms with E-state index in [0.717, 1.165) is 32.4 Å². The lowest BCUT2D eigenvalue weighted by Crippen LogP contribution is -2.41. The van der Waals surface area contributed by atoms with E-state index in [9.17, 15) is 9.59 Å². The summed E-state index contributed by atoms with van der Waals surface area (Å²) >= 11 is 0. The zero-order chi connectivity index (χ0) is 16.3. The largest absolute Gasteiger partial charge is 0.481 e. The molecular weight excluding hydrogens is 268 g/mol. The Morgan fingerprint density at radius 3 is 2.10 bits per heavy atom. The minimum absolute atomic E-state index is 0.000518. The Morgan fingerprint density at radius 2 is 1.67 bits per heavy atom. The predicted molar refractivity (Wildman–Crippen MR) is 85.4 cm³/mol. The maximum absolute atomic E-state index is 12.1. The van der Waals surface area contributed by atoms with Crippen LogP contribution in [0.5, 0.6) is 0 Å². The second-order valence-electron chi connectivity index (χ2n) is 5.94. The van der Waals surface area contributed by atoms with Crippen LogP contribution in [0.15, 0.2) is 0 Å². The standard InChI is InChI=1S/C16H32N2O3/c1-5-11-18(12-6-2)16(21)17-10-9-14(13(3)4)7-8-15(19)20/h13-14H,5-12H2,1-4H3,(H,17,21)(H,19,20). The molecule has 0 saturated heterocycles. The molecule has 0 heterocycles. The van der Waals surface area contributed by atoms with Crippen molar-refractivity contribution in [1.82, 2.24) is 10.2 Å². The molecule has 0 fully saturated rings. The Kier molecular flexibility index (Phi) is 10.7. The summed E-state index contributed by atoms with van der Waals surface area (Å²) in [6.45, 7) is 10.5. The molecule has 0 aromatic rings. The zero-order valence-corrected chi connectivity index (χ0v) is 14.0. The Morgan fingerprint density at radius 1 is 1.10 bits per heavy atom. The van der Waals surface area contributed by atoms with E-state index in [1.807, 2.05) is 4.90 Å². The number of carboxylic acid groups (broad SMARTS) is 1. The molecule has 2 N–H and O–H groups in total. The number of carboxylic acids is 1. The lowest BCUT2D eigenvalue weighted by Gasteiger charge is -2.24. The van der Waals surface area contributed by atoms with Crippen molar-refractivity contribution >= 4 is 12.0 Å². The average molecular weight is 300 g/mol. The summed E-state index contributed by atoms with van der Waals surface area (Å²) in [5, 5.41) is 11.7. The predicted octanol–water partition coefficient (Wildman–Crippen LogP) is 3.35. The van der Waals surface area contributed by atoms with Crippen molar-refractivity contribution in [3.63, 3.8) is 0 Å². The fraction of sp³-hybridized carbons (Fsp3) is 0.875. The summed E-state index contributed by atoms with van der Waals surface area (Å²) < 4.78 is 0. The van der Waals surface area contributed by atoms with Crippen LogP contribution in [0.2, 0.25) is 0 Å². The van der Waals surface area contributed by atoms with Crippen LogP contribution in [0.25, 0.3) is 0 Å². The second kappa shape index (κ2) is 11.4. The molecule has 0 rings (SSSR count). The highest BCUT2D eigenvalue weighted by molar-refractivity contribution is 5.74. The van der Waals surface area contributed by atoms with E-state index < -0.39 is 5.97 Å². The SMILES string of the molecule is CCCN(CCC)C(=O)NCCC(CCC(=O)O)C(C)C. The molecule has 0 bridgehead atoms. The first kappa shape index (κ1) is 19.7. The maximum Gasteiger partial charge on any atom is 0.317 e. The number of aliphatic carboxylic acids is 1. The summed E-state index contributed by atoms with van der Waals surface area (Å²) in [6.07, 6.45) is 3.63. The van der Waals surface area contributed by atoms with Crippen molar-refractivity contribution < 1.29 is 14.7 Å². The molecular formula is C16H32N2O3. The number of carbonyl (C=O) groups is 2. The molecule has 0 saturated carbocycles. The van der Waals surface area contributed by atoms with Crippen LogP contribution in [-0.2, 0) is 4.79 Å². The van der Waals surface area contributed by atoms with Crippen LogP contribution < -0.4 is 5.32 Å². The van der Waals surface area contributed by atoms with E-state index in [2.05, 4.69) is 33.0 Å². The topological polar surface area (TPSA) is 69.6 Å². The van der Waals surface area contributed by atoms with Gasteiger partial charge in [0.25, 0.3) is 0 Å². The van der Waals surface area contributed by atoms with E-state index >= 15 is 0 Å². The van der Waals surface area contributed by atoms with Crippen molar-refractivity contribution in [3.8, 4) is 0 Å². The molecule has 0 aliphatic carbocycles. The Labute approximate surface area is 129 Å². The molecule has 0 spiro atoms. The molecule has 1 unspecified atom stereocenters. The van der Waals surface area contributed by atoms with Crippen molar-refractivity contribution in [2.75, 3.05) is 19.6 Å². The van der Waals surface area contributed by atoms with Crippen LogP contribution in [0.4, 0.5) is 4.79 Å². The minimum Gasteiger partial charge on any atom is -0.481 e. The first-order valence-electron chi connectivity index (χ1n) is 8.16. The fourth-order valence-electron chi connectivity index (χ4n) is 2.45. The van der Waals surface area contributed by atoms with Crippen LogP contribution in [-0.4, -0.2) is 41.6 Å². The van der Waals surface area contributed by atoms with Gasteiger partial charge >= 0.3 is 12.0 Å². The minimum atomic E-state index is -0.748. The van der Waals surface area contributed by atoms with Gasteiger partial charge in [0.15, 0.2) is 0 Å². The van der Waals surface area contributed by atoms with Gasteiger partial charge in [-0.25, -0.2) is 4.79 Å². The maximum atomic E-state index is 12.1. The van der Waals surface area contributed by atoms with Gasteiger partial charge in [-0.05, 0) is 37.5 Å². The van der Waals surface area contributed by atoms with Gasteiger partial charge in [-0.3, -0.25) is 4.79 Å². The summed E-state index contributed by atoms with van der Waals surface area (Å²) in [5.41, 5.74) is 0. The summed E-state index contributed by atoms with van der Waals surface area (Å²) in [4.78, 5) is 24.6. The van der Waals surface area contributed by atoms with Crippen LogP contribution in [0.3, 0.4) is 0 Å². The first-order valence-corrected chi connectivity index (χ1v) is 8.16. The van der Waals surface area contributed by atoms with Gasteiger partial charge in [0, 0.05) is 26.1 Å². The highest BCUT2D eigenvalue weighted by Crippen LogP contribution is 2.20. The third-order valence-corrected chi connectivity index (χ3v) is 3.74. The van der Waals surface area contributed by atoms with Gasteiger partial charge in [-0.2, -0.15) is 0 Å². The fourth-order valence-corrected chi connectivity index (χ4v) is 2.45. The van der Waals surface area contributed by atoms with Crippen LogP contribution >= 0.6 is 0 Å². The number of nitrogens with one attached hydrogen (secondary N) is 1. The summed E-state index contributed by atoms with van der Waals surface area (Å²) in [7, 11) is 0. The van der Waals surface area contributed by atoms with Crippen LogP contribution in [0, 0.1) is 11.8 Å². The molecule has 0 radical (unpaired) electrons. The molecule has 0 aliphatic rings. The third-order valence-electron chi connectivity index (χ3n) is 3.74. The molecule has 21 heavy (non-hydrogen) atoms.